The maximum absolute atomic E-state index is 12.3. The van der Waals surface area contributed by atoms with Crippen LogP contribution in [0.1, 0.15) is 42.9 Å². The average molecular weight is 340 g/mol. The maximum Gasteiger partial charge on any atom is 0.224 e. The molecule has 1 aliphatic rings. The van der Waals surface area contributed by atoms with Crippen molar-refractivity contribution in [1.29, 1.82) is 0 Å². The maximum atomic E-state index is 12.3. The van der Waals surface area contributed by atoms with Gasteiger partial charge < -0.3 is 14.6 Å². The molecule has 0 saturated carbocycles. The van der Waals surface area contributed by atoms with Gasteiger partial charge in [-0.2, -0.15) is 0 Å². The van der Waals surface area contributed by atoms with Gasteiger partial charge in [-0.1, -0.05) is 30.3 Å². The number of carbonyl (C=O) groups is 2. The minimum absolute atomic E-state index is 0.0699. The molecule has 1 aliphatic heterocycles. The van der Waals surface area contributed by atoms with Crippen LogP contribution in [0.4, 0.5) is 0 Å². The molecule has 132 valence electrons. The van der Waals surface area contributed by atoms with Crippen LogP contribution in [-0.2, 0) is 9.59 Å². The second-order valence-corrected chi connectivity index (χ2v) is 6.37. The predicted molar refractivity (Wildman–Crippen MR) is 95.1 cm³/mol. The van der Waals surface area contributed by atoms with Gasteiger partial charge in [0.05, 0.1) is 12.2 Å². The summed E-state index contributed by atoms with van der Waals surface area (Å²) < 4.78 is 5.52. The summed E-state index contributed by atoms with van der Waals surface area (Å²) >= 11 is 0. The highest BCUT2D eigenvalue weighted by atomic mass is 16.3. The van der Waals surface area contributed by atoms with Gasteiger partial charge in [-0.25, -0.2) is 0 Å². The lowest BCUT2D eigenvalue weighted by atomic mass is 9.93. The number of likely N-dealkylation sites (tertiary alicyclic amines) is 1. The fourth-order valence-electron chi connectivity index (χ4n) is 3.25. The van der Waals surface area contributed by atoms with Crippen molar-refractivity contribution in [3.8, 4) is 0 Å². The molecule has 1 fully saturated rings. The van der Waals surface area contributed by atoms with Crippen LogP contribution in [0.3, 0.4) is 0 Å². The predicted octanol–water partition coefficient (Wildman–Crippen LogP) is 2.93. The largest absolute Gasteiger partial charge is 0.469 e. The zero-order valence-corrected chi connectivity index (χ0v) is 14.3. The third-order valence-electron chi connectivity index (χ3n) is 4.60. The van der Waals surface area contributed by atoms with Crippen LogP contribution in [-0.4, -0.2) is 36.3 Å². The van der Waals surface area contributed by atoms with E-state index in [1.54, 1.807) is 6.26 Å². The van der Waals surface area contributed by atoms with Gasteiger partial charge in [-0.15, -0.1) is 0 Å². The number of furan rings is 1. The number of nitrogens with zero attached hydrogens (tertiary/aromatic N) is 1. The van der Waals surface area contributed by atoms with Crippen molar-refractivity contribution in [3.05, 3.63) is 60.1 Å². The molecule has 5 heteroatoms. The van der Waals surface area contributed by atoms with Crippen LogP contribution in [0.15, 0.2) is 53.1 Å². The lowest BCUT2D eigenvalue weighted by Crippen LogP contribution is -2.33. The SMILES string of the molecule is O=C(CC(c1ccccc1)c1ccco1)NCCC(=O)N1CCCC1. The van der Waals surface area contributed by atoms with Crippen molar-refractivity contribution < 1.29 is 14.0 Å². The molecule has 1 aromatic heterocycles. The Kier molecular flexibility index (Phi) is 5.88. The topological polar surface area (TPSA) is 62.6 Å². The van der Waals surface area contributed by atoms with Crippen molar-refractivity contribution in [1.82, 2.24) is 10.2 Å². The van der Waals surface area contributed by atoms with Gasteiger partial charge in [0.15, 0.2) is 0 Å². The molecule has 1 unspecified atom stereocenters. The summed E-state index contributed by atoms with van der Waals surface area (Å²) in [5, 5.41) is 2.87. The standard InChI is InChI=1S/C20H24N2O3/c23-19(21-11-10-20(24)22-12-4-5-13-22)15-17(18-9-6-14-25-18)16-7-2-1-3-8-16/h1-3,6-9,14,17H,4-5,10-13,15H2,(H,21,23). The van der Waals surface area contributed by atoms with Crippen molar-refractivity contribution in [3.63, 3.8) is 0 Å². The van der Waals surface area contributed by atoms with Crippen LogP contribution in [0.25, 0.3) is 0 Å². The van der Waals surface area contributed by atoms with Crippen LogP contribution in [0, 0.1) is 0 Å². The molecule has 0 radical (unpaired) electrons. The van der Waals surface area contributed by atoms with Crippen LogP contribution in [0.2, 0.25) is 0 Å². The fourth-order valence-corrected chi connectivity index (χ4v) is 3.25. The third-order valence-corrected chi connectivity index (χ3v) is 4.60. The summed E-state index contributed by atoms with van der Waals surface area (Å²) in [7, 11) is 0. The van der Waals surface area contributed by atoms with E-state index in [1.807, 2.05) is 47.4 Å². The number of carbonyl (C=O) groups excluding carboxylic acids is 2. The number of amides is 2. The molecule has 1 saturated heterocycles. The highest BCUT2D eigenvalue weighted by Gasteiger charge is 2.21. The molecule has 1 atom stereocenters. The van der Waals surface area contributed by atoms with E-state index < -0.39 is 0 Å². The number of nitrogens with one attached hydrogen (secondary N) is 1. The van der Waals surface area contributed by atoms with Gasteiger partial charge in [0.25, 0.3) is 0 Å². The molecular formula is C20H24N2O3. The van der Waals surface area contributed by atoms with E-state index in [4.69, 9.17) is 4.42 Å². The highest BCUT2D eigenvalue weighted by molar-refractivity contribution is 5.80. The Morgan fingerprint density at radius 3 is 2.52 bits per heavy atom. The van der Waals surface area contributed by atoms with E-state index in [2.05, 4.69) is 5.32 Å². The fraction of sp³-hybridized carbons (Fsp3) is 0.400. The first kappa shape index (κ1) is 17.3. The Morgan fingerprint density at radius 1 is 1.08 bits per heavy atom. The van der Waals surface area contributed by atoms with Crippen molar-refractivity contribution in [2.45, 2.75) is 31.6 Å². The Morgan fingerprint density at radius 2 is 1.84 bits per heavy atom. The van der Waals surface area contributed by atoms with Gasteiger partial charge in [-0.3, -0.25) is 9.59 Å². The zero-order valence-electron chi connectivity index (χ0n) is 14.3. The molecule has 2 amide bonds. The van der Waals surface area contributed by atoms with E-state index >= 15 is 0 Å². The number of rotatable bonds is 7. The summed E-state index contributed by atoms with van der Waals surface area (Å²) in [5.41, 5.74) is 1.04. The minimum atomic E-state index is -0.120. The molecular weight excluding hydrogens is 316 g/mol. The number of benzene rings is 1. The van der Waals surface area contributed by atoms with Crippen molar-refractivity contribution >= 4 is 11.8 Å². The first-order valence-corrected chi connectivity index (χ1v) is 8.87. The molecule has 5 nitrogen and oxygen atoms in total. The first-order chi connectivity index (χ1) is 12.2. The van der Waals surface area contributed by atoms with E-state index in [0.29, 0.717) is 19.4 Å². The van der Waals surface area contributed by atoms with Crippen molar-refractivity contribution in [2.75, 3.05) is 19.6 Å². The molecule has 2 aromatic rings. The molecule has 0 bridgehead atoms. The summed E-state index contributed by atoms with van der Waals surface area (Å²) in [4.78, 5) is 26.2. The van der Waals surface area contributed by atoms with Crippen molar-refractivity contribution in [2.24, 2.45) is 0 Å². The highest BCUT2D eigenvalue weighted by Crippen LogP contribution is 2.28. The second-order valence-electron chi connectivity index (χ2n) is 6.37. The lowest BCUT2D eigenvalue weighted by molar-refractivity contribution is -0.130. The summed E-state index contributed by atoms with van der Waals surface area (Å²) in [6, 6.07) is 13.6. The van der Waals surface area contributed by atoms with Gasteiger partial charge >= 0.3 is 0 Å². The number of hydrogen-bond acceptors (Lipinski definition) is 3. The third kappa shape index (κ3) is 4.72. The lowest BCUT2D eigenvalue weighted by Gasteiger charge is -2.17. The smallest absolute Gasteiger partial charge is 0.224 e. The molecule has 3 rings (SSSR count). The zero-order chi connectivity index (χ0) is 17.5. The molecule has 0 spiro atoms. The molecule has 2 heterocycles. The second kappa shape index (κ2) is 8.51. The number of hydrogen-bond donors (Lipinski definition) is 1. The van der Waals surface area contributed by atoms with Gasteiger partial charge in [0, 0.05) is 32.5 Å². The minimum Gasteiger partial charge on any atom is -0.469 e. The quantitative estimate of drug-likeness (QED) is 0.843. The molecule has 25 heavy (non-hydrogen) atoms. The Bertz CT molecular complexity index is 676. The van der Waals surface area contributed by atoms with Gasteiger partial charge in [-0.05, 0) is 30.5 Å². The van der Waals surface area contributed by atoms with Gasteiger partial charge in [0.2, 0.25) is 11.8 Å². The Hall–Kier alpha value is -2.56. The van der Waals surface area contributed by atoms with E-state index in [1.165, 1.54) is 0 Å². The van der Waals surface area contributed by atoms with Crippen LogP contribution in [0.5, 0.6) is 0 Å². The average Bonchev–Trinajstić information content (AvgIpc) is 3.34. The summed E-state index contributed by atoms with van der Waals surface area (Å²) in [5.74, 6) is 0.711. The Labute approximate surface area is 148 Å². The Balaban J connectivity index is 1.53. The first-order valence-electron chi connectivity index (χ1n) is 8.87. The normalized spacial score (nSPS) is 15.1. The van der Waals surface area contributed by atoms with Gasteiger partial charge in [0.1, 0.15) is 5.76 Å². The van der Waals surface area contributed by atoms with E-state index in [9.17, 15) is 9.59 Å². The summed E-state index contributed by atoms with van der Waals surface area (Å²) in [6.07, 6.45) is 4.45. The summed E-state index contributed by atoms with van der Waals surface area (Å²) in [6.45, 7) is 2.08. The van der Waals surface area contributed by atoms with E-state index in [0.717, 1.165) is 37.3 Å². The van der Waals surface area contributed by atoms with E-state index in [-0.39, 0.29) is 17.7 Å². The van der Waals surface area contributed by atoms with Crippen LogP contribution >= 0.6 is 0 Å². The molecule has 0 aliphatic carbocycles. The molecule has 1 aromatic carbocycles. The van der Waals surface area contributed by atoms with Crippen LogP contribution < -0.4 is 5.32 Å². The molecule has 1 N–H and O–H groups in total. The monoisotopic (exact) mass is 340 g/mol.